The van der Waals surface area contributed by atoms with Gasteiger partial charge in [-0.1, -0.05) is 46.3 Å². The Labute approximate surface area is 129 Å². The van der Waals surface area contributed by atoms with Crippen molar-refractivity contribution < 1.29 is 5.11 Å². The molecule has 2 aromatic carbocycles. The average Bonchev–Trinajstić information content (AvgIpc) is 2.45. The molecule has 0 aromatic heterocycles. The molecule has 0 spiro atoms. The topological polar surface area (TPSA) is 23.5 Å². The Morgan fingerprint density at radius 3 is 2.60 bits per heavy atom. The van der Waals surface area contributed by atoms with Crippen LogP contribution in [-0.2, 0) is 0 Å². The zero-order valence-electron chi connectivity index (χ0n) is 11.9. The molecule has 0 amide bonds. The fraction of sp³-hybridized carbons (Fsp3) is 0.294. The van der Waals surface area contributed by atoms with Gasteiger partial charge in [0.25, 0.3) is 0 Å². The molecular formula is C17H20BrNO. The van der Waals surface area contributed by atoms with Gasteiger partial charge < -0.3 is 10.0 Å². The Morgan fingerprint density at radius 1 is 1.15 bits per heavy atom. The maximum absolute atomic E-state index is 10.3. The fourth-order valence-corrected chi connectivity index (χ4v) is 2.76. The molecule has 0 radical (unpaired) electrons. The van der Waals surface area contributed by atoms with Gasteiger partial charge >= 0.3 is 0 Å². The van der Waals surface area contributed by atoms with Crippen LogP contribution in [-0.4, -0.2) is 18.7 Å². The second kappa shape index (κ2) is 6.91. The minimum absolute atomic E-state index is 0.446. The van der Waals surface area contributed by atoms with Crippen LogP contribution in [0.4, 0.5) is 5.69 Å². The Morgan fingerprint density at radius 2 is 1.90 bits per heavy atom. The maximum atomic E-state index is 10.3. The second-order valence-corrected chi connectivity index (χ2v) is 5.94. The number of halogens is 1. The molecule has 0 saturated carbocycles. The van der Waals surface area contributed by atoms with E-state index >= 15 is 0 Å². The van der Waals surface area contributed by atoms with Crippen molar-refractivity contribution in [2.45, 2.75) is 19.4 Å². The van der Waals surface area contributed by atoms with Crippen molar-refractivity contribution in [1.82, 2.24) is 0 Å². The molecule has 0 bridgehead atoms. The third-order valence-electron chi connectivity index (χ3n) is 3.44. The summed E-state index contributed by atoms with van der Waals surface area (Å²) < 4.78 is 0.964. The van der Waals surface area contributed by atoms with Gasteiger partial charge in [0, 0.05) is 23.8 Å². The van der Waals surface area contributed by atoms with Crippen LogP contribution in [0.5, 0.6) is 0 Å². The molecular weight excluding hydrogens is 314 g/mol. The van der Waals surface area contributed by atoms with Crippen molar-refractivity contribution in [3.05, 3.63) is 64.1 Å². The number of benzene rings is 2. The third-order valence-corrected chi connectivity index (χ3v) is 4.17. The van der Waals surface area contributed by atoms with E-state index in [-0.39, 0.29) is 0 Å². The number of rotatable bonds is 5. The van der Waals surface area contributed by atoms with E-state index in [1.165, 1.54) is 11.3 Å². The highest BCUT2D eigenvalue weighted by Gasteiger charge is 2.12. The summed E-state index contributed by atoms with van der Waals surface area (Å²) in [5.41, 5.74) is 3.38. The zero-order valence-corrected chi connectivity index (χ0v) is 13.5. The molecule has 20 heavy (non-hydrogen) atoms. The molecule has 2 rings (SSSR count). The first-order valence-electron chi connectivity index (χ1n) is 6.78. The maximum Gasteiger partial charge on any atom is 0.0817 e. The molecule has 0 aliphatic heterocycles. The summed E-state index contributed by atoms with van der Waals surface area (Å²) in [5.74, 6) is 0. The molecule has 1 atom stereocenters. The van der Waals surface area contributed by atoms with Crippen LogP contribution in [0.15, 0.2) is 53.0 Å². The van der Waals surface area contributed by atoms with E-state index in [4.69, 9.17) is 0 Å². The van der Waals surface area contributed by atoms with E-state index in [2.05, 4.69) is 59.1 Å². The van der Waals surface area contributed by atoms with Crippen LogP contribution in [0.1, 0.15) is 23.7 Å². The Balaban J connectivity index is 1.97. The lowest BCUT2D eigenvalue weighted by Gasteiger charge is -2.22. The molecule has 0 aliphatic rings. The smallest absolute Gasteiger partial charge is 0.0817 e. The molecule has 0 aliphatic carbocycles. The van der Waals surface area contributed by atoms with Crippen LogP contribution >= 0.6 is 15.9 Å². The molecule has 3 heteroatoms. The minimum atomic E-state index is -0.446. The lowest BCUT2D eigenvalue weighted by molar-refractivity contribution is 0.169. The van der Waals surface area contributed by atoms with Gasteiger partial charge in [-0.3, -0.25) is 0 Å². The summed E-state index contributed by atoms with van der Waals surface area (Å²) in [7, 11) is 2.06. The molecule has 0 saturated heterocycles. The summed E-state index contributed by atoms with van der Waals surface area (Å²) in [6.07, 6.45) is 0.255. The zero-order chi connectivity index (χ0) is 14.5. The van der Waals surface area contributed by atoms with Crippen LogP contribution in [0.3, 0.4) is 0 Å². The monoisotopic (exact) mass is 333 g/mol. The second-order valence-electron chi connectivity index (χ2n) is 5.09. The number of aryl methyl sites for hydroxylation is 1. The standard InChI is InChI=1S/C17H20BrNO/c1-13-6-5-7-14(12-13)19(2)11-10-17(20)15-8-3-4-9-16(15)18/h3-9,12,17,20H,10-11H2,1-2H3. The fourth-order valence-electron chi connectivity index (χ4n) is 2.21. The summed E-state index contributed by atoms with van der Waals surface area (Å²) in [6.45, 7) is 2.90. The molecule has 1 unspecified atom stereocenters. The van der Waals surface area contributed by atoms with Crippen molar-refractivity contribution in [2.24, 2.45) is 0 Å². The molecule has 106 valence electrons. The summed E-state index contributed by atoms with van der Waals surface area (Å²) in [6, 6.07) is 16.2. The van der Waals surface area contributed by atoms with Crippen molar-refractivity contribution in [3.8, 4) is 0 Å². The summed E-state index contributed by atoms with van der Waals surface area (Å²) in [4.78, 5) is 2.17. The normalized spacial score (nSPS) is 12.2. The highest BCUT2D eigenvalue weighted by atomic mass is 79.9. The molecule has 2 nitrogen and oxygen atoms in total. The van der Waals surface area contributed by atoms with Gasteiger partial charge in [-0.05, 0) is 42.7 Å². The number of nitrogens with zero attached hydrogens (tertiary/aromatic N) is 1. The Hall–Kier alpha value is -1.32. The highest BCUT2D eigenvalue weighted by molar-refractivity contribution is 9.10. The van der Waals surface area contributed by atoms with Crippen LogP contribution in [0.2, 0.25) is 0 Å². The van der Waals surface area contributed by atoms with Crippen molar-refractivity contribution >= 4 is 21.6 Å². The van der Waals surface area contributed by atoms with Gasteiger partial charge in [-0.2, -0.15) is 0 Å². The molecule has 0 fully saturated rings. The van der Waals surface area contributed by atoms with Gasteiger partial charge in [0.05, 0.1) is 6.10 Å². The SMILES string of the molecule is Cc1cccc(N(C)CCC(O)c2ccccc2Br)c1. The van der Waals surface area contributed by atoms with E-state index in [9.17, 15) is 5.11 Å². The van der Waals surface area contributed by atoms with E-state index in [1.54, 1.807) is 0 Å². The first kappa shape index (κ1) is 15.1. The number of hydrogen-bond donors (Lipinski definition) is 1. The highest BCUT2D eigenvalue weighted by Crippen LogP contribution is 2.26. The van der Waals surface area contributed by atoms with E-state index < -0.39 is 6.10 Å². The lowest BCUT2D eigenvalue weighted by atomic mass is 10.1. The first-order valence-corrected chi connectivity index (χ1v) is 7.57. The summed E-state index contributed by atoms with van der Waals surface area (Å²) >= 11 is 3.48. The molecule has 2 aromatic rings. The van der Waals surface area contributed by atoms with Gasteiger partial charge in [0.2, 0.25) is 0 Å². The largest absolute Gasteiger partial charge is 0.388 e. The van der Waals surface area contributed by atoms with Crippen molar-refractivity contribution in [3.63, 3.8) is 0 Å². The average molecular weight is 334 g/mol. The van der Waals surface area contributed by atoms with Gasteiger partial charge in [0.15, 0.2) is 0 Å². The summed E-state index contributed by atoms with van der Waals surface area (Å²) in [5, 5.41) is 10.3. The van der Waals surface area contributed by atoms with Gasteiger partial charge in [0.1, 0.15) is 0 Å². The predicted octanol–water partition coefficient (Wildman–Crippen LogP) is 4.32. The quantitative estimate of drug-likeness (QED) is 0.880. The van der Waals surface area contributed by atoms with Crippen LogP contribution in [0.25, 0.3) is 0 Å². The third kappa shape index (κ3) is 3.84. The van der Waals surface area contributed by atoms with E-state index in [0.717, 1.165) is 16.6 Å². The molecule has 0 heterocycles. The van der Waals surface area contributed by atoms with Crippen molar-refractivity contribution in [2.75, 3.05) is 18.5 Å². The number of aliphatic hydroxyl groups excluding tert-OH is 1. The first-order chi connectivity index (χ1) is 9.58. The lowest BCUT2D eigenvalue weighted by Crippen LogP contribution is -2.20. The van der Waals surface area contributed by atoms with E-state index in [0.29, 0.717) is 6.42 Å². The predicted molar refractivity (Wildman–Crippen MR) is 88.2 cm³/mol. The van der Waals surface area contributed by atoms with Crippen LogP contribution in [0, 0.1) is 6.92 Å². The minimum Gasteiger partial charge on any atom is -0.388 e. The Bertz CT molecular complexity index is 570. The molecule has 1 N–H and O–H groups in total. The van der Waals surface area contributed by atoms with Crippen LogP contribution < -0.4 is 4.90 Å². The van der Waals surface area contributed by atoms with E-state index in [1.807, 2.05) is 24.3 Å². The number of hydrogen-bond acceptors (Lipinski definition) is 2. The Kier molecular flexibility index (Phi) is 5.21. The number of anilines is 1. The van der Waals surface area contributed by atoms with Gasteiger partial charge in [-0.15, -0.1) is 0 Å². The number of aliphatic hydroxyl groups is 1. The van der Waals surface area contributed by atoms with Crippen molar-refractivity contribution in [1.29, 1.82) is 0 Å². The van der Waals surface area contributed by atoms with Gasteiger partial charge in [-0.25, -0.2) is 0 Å².